The van der Waals surface area contributed by atoms with Crippen LogP contribution >= 0.6 is 0 Å². The molecule has 0 aromatic heterocycles. The number of hydrogen-bond donors (Lipinski definition) is 2. The minimum Gasteiger partial charge on any atom is -0.376 e. The quantitative estimate of drug-likeness (QED) is 0.798. The lowest BCUT2D eigenvalue weighted by atomic mass is 9.87. The summed E-state index contributed by atoms with van der Waals surface area (Å²) < 4.78 is 0. The second kappa shape index (κ2) is 7.52. The van der Waals surface area contributed by atoms with E-state index in [1.807, 2.05) is 24.3 Å². The maximum atomic E-state index is 12.1. The van der Waals surface area contributed by atoms with Crippen LogP contribution in [0.25, 0.3) is 0 Å². The average molecular weight is 324 g/mol. The monoisotopic (exact) mass is 324 g/mol. The van der Waals surface area contributed by atoms with Crippen molar-refractivity contribution in [1.82, 2.24) is 0 Å². The molecule has 0 atom stereocenters. The van der Waals surface area contributed by atoms with Crippen molar-refractivity contribution in [3.05, 3.63) is 59.7 Å². The maximum Gasteiger partial charge on any atom is 0.243 e. The van der Waals surface area contributed by atoms with E-state index >= 15 is 0 Å². The number of carbonyl (C=O) groups excluding carboxylic acids is 1. The van der Waals surface area contributed by atoms with Crippen molar-refractivity contribution in [1.29, 1.82) is 0 Å². The Balaban J connectivity index is 1.86. The van der Waals surface area contributed by atoms with Crippen molar-refractivity contribution < 1.29 is 4.79 Å². The van der Waals surface area contributed by atoms with Crippen molar-refractivity contribution in [3.8, 4) is 0 Å². The summed E-state index contributed by atoms with van der Waals surface area (Å²) in [5.74, 6) is 0.444. The summed E-state index contributed by atoms with van der Waals surface area (Å²) in [6, 6.07) is 16.3. The Morgan fingerprint density at radius 1 is 0.917 bits per heavy atom. The summed E-state index contributed by atoms with van der Waals surface area (Å²) >= 11 is 0. The van der Waals surface area contributed by atoms with E-state index < -0.39 is 0 Å². The first-order valence-corrected chi connectivity index (χ1v) is 8.50. The van der Waals surface area contributed by atoms with Crippen LogP contribution in [0.4, 0.5) is 11.4 Å². The molecule has 2 N–H and O–H groups in total. The predicted molar refractivity (Wildman–Crippen MR) is 103 cm³/mol. The summed E-state index contributed by atoms with van der Waals surface area (Å²) in [6.07, 6.45) is 0. The molecule has 128 valence electrons. The molecule has 0 saturated carbocycles. The molecule has 24 heavy (non-hydrogen) atoms. The molecule has 2 aromatic rings. The van der Waals surface area contributed by atoms with Crippen LogP contribution in [0.1, 0.15) is 51.7 Å². The molecule has 0 radical (unpaired) electrons. The Morgan fingerprint density at radius 2 is 1.46 bits per heavy atom. The summed E-state index contributed by atoms with van der Waals surface area (Å²) in [5, 5.41) is 6.07. The molecule has 0 heterocycles. The molecule has 0 aliphatic rings. The summed E-state index contributed by atoms with van der Waals surface area (Å²) in [7, 11) is 0. The zero-order valence-electron chi connectivity index (χ0n) is 15.3. The van der Waals surface area contributed by atoms with E-state index in [0.717, 1.165) is 11.4 Å². The molecule has 2 rings (SSSR count). The molecule has 0 spiro atoms. The van der Waals surface area contributed by atoms with Crippen molar-refractivity contribution in [2.45, 2.75) is 46.0 Å². The van der Waals surface area contributed by atoms with Crippen molar-refractivity contribution in [2.75, 3.05) is 17.2 Å². The second-order valence-electron chi connectivity index (χ2n) is 7.51. The van der Waals surface area contributed by atoms with Crippen LogP contribution in [0.5, 0.6) is 0 Å². The van der Waals surface area contributed by atoms with Gasteiger partial charge in [0.05, 0.1) is 6.54 Å². The highest BCUT2D eigenvalue weighted by molar-refractivity contribution is 5.93. The van der Waals surface area contributed by atoms with E-state index in [2.05, 4.69) is 69.5 Å². The molecule has 0 fully saturated rings. The smallest absolute Gasteiger partial charge is 0.243 e. The minimum atomic E-state index is -0.0489. The number of amides is 1. The molecule has 0 saturated heterocycles. The van der Waals surface area contributed by atoms with Crippen molar-refractivity contribution in [2.24, 2.45) is 0 Å². The number of carbonyl (C=O) groups is 1. The van der Waals surface area contributed by atoms with Gasteiger partial charge in [-0.15, -0.1) is 0 Å². The van der Waals surface area contributed by atoms with Gasteiger partial charge in [0.1, 0.15) is 0 Å². The third kappa shape index (κ3) is 5.12. The van der Waals surface area contributed by atoms with Gasteiger partial charge in [0.2, 0.25) is 5.91 Å². The van der Waals surface area contributed by atoms with E-state index in [1.165, 1.54) is 11.1 Å². The highest BCUT2D eigenvalue weighted by Gasteiger charge is 2.12. The molecule has 0 aliphatic carbocycles. The molecule has 0 unspecified atom stereocenters. The van der Waals surface area contributed by atoms with Gasteiger partial charge in [-0.1, -0.05) is 58.9 Å². The highest BCUT2D eigenvalue weighted by Crippen LogP contribution is 2.23. The number of rotatable bonds is 5. The number of benzene rings is 2. The highest BCUT2D eigenvalue weighted by atomic mass is 16.1. The standard InChI is InChI=1S/C21H28N2O/c1-15(2)16-6-10-19(11-7-16)23-20(24)14-22-18-12-8-17(9-13-18)21(3,4)5/h6-13,15,22H,14H2,1-5H3,(H,23,24). The van der Waals surface area contributed by atoms with Crippen LogP contribution in [-0.4, -0.2) is 12.5 Å². The normalized spacial score (nSPS) is 11.4. The Hall–Kier alpha value is -2.29. The van der Waals surface area contributed by atoms with Gasteiger partial charge in [0, 0.05) is 11.4 Å². The maximum absolute atomic E-state index is 12.1. The average Bonchev–Trinajstić information content (AvgIpc) is 2.53. The first-order valence-electron chi connectivity index (χ1n) is 8.50. The Labute approximate surface area is 145 Å². The number of anilines is 2. The van der Waals surface area contributed by atoms with Crippen LogP contribution in [0.3, 0.4) is 0 Å². The van der Waals surface area contributed by atoms with E-state index in [4.69, 9.17) is 0 Å². The van der Waals surface area contributed by atoms with E-state index in [1.54, 1.807) is 0 Å². The molecular weight excluding hydrogens is 296 g/mol. The number of hydrogen-bond acceptors (Lipinski definition) is 2. The summed E-state index contributed by atoms with van der Waals surface area (Å²) in [6.45, 7) is 11.1. The van der Waals surface area contributed by atoms with Gasteiger partial charge < -0.3 is 10.6 Å². The predicted octanol–water partition coefficient (Wildman–Crippen LogP) is 5.16. The Kier molecular flexibility index (Phi) is 5.66. The van der Waals surface area contributed by atoms with Gasteiger partial charge in [-0.05, 0) is 46.7 Å². The summed E-state index contributed by atoms with van der Waals surface area (Å²) in [4.78, 5) is 12.1. The third-order valence-corrected chi connectivity index (χ3v) is 4.07. The fourth-order valence-electron chi connectivity index (χ4n) is 2.43. The zero-order valence-corrected chi connectivity index (χ0v) is 15.3. The SMILES string of the molecule is CC(C)c1ccc(NC(=O)CNc2ccc(C(C)(C)C)cc2)cc1. The van der Waals surface area contributed by atoms with Crippen LogP contribution in [0.2, 0.25) is 0 Å². The van der Waals surface area contributed by atoms with Gasteiger partial charge in [-0.3, -0.25) is 4.79 Å². The van der Waals surface area contributed by atoms with Gasteiger partial charge >= 0.3 is 0 Å². The Bertz CT molecular complexity index is 664. The molecule has 1 amide bonds. The van der Waals surface area contributed by atoms with Crippen molar-refractivity contribution in [3.63, 3.8) is 0 Å². The van der Waals surface area contributed by atoms with E-state index in [9.17, 15) is 4.79 Å². The molecule has 3 heteroatoms. The van der Waals surface area contributed by atoms with Gasteiger partial charge in [0.15, 0.2) is 0 Å². The Morgan fingerprint density at radius 3 is 1.96 bits per heavy atom. The molecule has 0 bridgehead atoms. The lowest BCUT2D eigenvalue weighted by molar-refractivity contribution is -0.114. The zero-order chi connectivity index (χ0) is 17.7. The second-order valence-corrected chi connectivity index (χ2v) is 7.51. The molecule has 3 nitrogen and oxygen atoms in total. The first-order chi connectivity index (χ1) is 11.3. The van der Waals surface area contributed by atoms with Crippen molar-refractivity contribution >= 4 is 17.3 Å². The topological polar surface area (TPSA) is 41.1 Å². The fourth-order valence-corrected chi connectivity index (χ4v) is 2.43. The van der Waals surface area contributed by atoms with Gasteiger partial charge in [-0.25, -0.2) is 0 Å². The third-order valence-electron chi connectivity index (χ3n) is 4.07. The van der Waals surface area contributed by atoms with E-state index in [-0.39, 0.29) is 17.9 Å². The van der Waals surface area contributed by atoms with Crippen LogP contribution in [0.15, 0.2) is 48.5 Å². The largest absolute Gasteiger partial charge is 0.376 e. The lowest BCUT2D eigenvalue weighted by Gasteiger charge is -2.19. The first kappa shape index (κ1) is 18.1. The number of nitrogens with one attached hydrogen (secondary N) is 2. The van der Waals surface area contributed by atoms with Crippen LogP contribution in [0, 0.1) is 0 Å². The van der Waals surface area contributed by atoms with Crippen LogP contribution in [-0.2, 0) is 10.2 Å². The molecule has 2 aromatic carbocycles. The van der Waals surface area contributed by atoms with Gasteiger partial charge in [-0.2, -0.15) is 0 Å². The fraction of sp³-hybridized carbons (Fsp3) is 0.381. The summed E-state index contributed by atoms with van der Waals surface area (Å²) in [5.41, 5.74) is 4.47. The van der Waals surface area contributed by atoms with Gasteiger partial charge in [0.25, 0.3) is 0 Å². The lowest BCUT2D eigenvalue weighted by Crippen LogP contribution is -2.21. The van der Waals surface area contributed by atoms with E-state index in [0.29, 0.717) is 5.92 Å². The van der Waals surface area contributed by atoms with Crippen LogP contribution < -0.4 is 10.6 Å². The molecular formula is C21H28N2O. The molecule has 0 aliphatic heterocycles. The minimum absolute atomic E-state index is 0.0489.